The normalized spacial score (nSPS) is 15.8. The molecule has 0 radical (unpaired) electrons. The molecule has 598 valence electrons. The van der Waals surface area contributed by atoms with Gasteiger partial charge in [-0.25, -0.2) is 24.0 Å². The Labute approximate surface area is 637 Å². The van der Waals surface area contributed by atoms with E-state index >= 15 is 0 Å². The molecule has 9 rings (SSSR count). The van der Waals surface area contributed by atoms with Crippen molar-refractivity contribution in [2.45, 2.75) is 111 Å². The Morgan fingerprint density at radius 3 is 2.03 bits per heavy atom. The van der Waals surface area contributed by atoms with E-state index in [1.54, 1.807) is 64.5 Å². The van der Waals surface area contributed by atoms with E-state index in [0.717, 1.165) is 80.8 Å². The van der Waals surface area contributed by atoms with E-state index in [-0.39, 0.29) is 110 Å². The lowest BCUT2D eigenvalue weighted by Crippen LogP contribution is -2.47. The molecule has 0 bridgehead atoms. The number of carbonyl (C=O) groups is 10. The van der Waals surface area contributed by atoms with Gasteiger partial charge in [0.15, 0.2) is 11.5 Å². The summed E-state index contributed by atoms with van der Waals surface area (Å²) in [6.45, 7) is 12.6. The maximum atomic E-state index is 13.9. The quantitative estimate of drug-likeness (QED) is 0.0139. The number of aromatic amines is 2. The van der Waals surface area contributed by atoms with Crippen molar-refractivity contribution in [1.29, 1.82) is 0 Å². The lowest BCUT2D eigenvalue weighted by atomic mass is 9.89. The van der Waals surface area contributed by atoms with Gasteiger partial charge in [0.25, 0.3) is 11.8 Å². The van der Waals surface area contributed by atoms with Crippen LogP contribution in [0.25, 0.3) is 32.6 Å². The van der Waals surface area contributed by atoms with E-state index in [0.29, 0.717) is 119 Å². The summed E-state index contributed by atoms with van der Waals surface area (Å²) in [5.74, 6) is -2.69. The Hall–Kier alpha value is -9.97. The number of aryl methyl sites for hydroxylation is 3. The minimum absolute atomic E-state index is 0.0317. The summed E-state index contributed by atoms with van der Waals surface area (Å²) in [6.07, 6.45) is 5.80. The van der Waals surface area contributed by atoms with Gasteiger partial charge in [0.2, 0.25) is 17.5 Å². The van der Waals surface area contributed by atoms with Gasteiger partial charge in [-0.2, -0.15) is 4.68 Å². The highest BCUT2D eigenvalue weighted by Gasteiger charge is 2.51. The fourth-order valence-electron chi connectivity index (χ4n) is 13.4. The number of hydroxylamine groups is 2. The van der Waals surface area contributed by atoms with E-state index in [1.165, 1.54) is 9.80 Å². The van der Waals surface area contributed by atoms with Crippen LogP contribution in [-0.2, 0) is 102 Å². The number of nitrogens with one attached hydrogen (secondary N) is 6. The molecule has 3 aromatic heterocycles. The first-order valence-electron chi connectivity index (χ1n) is 37.5. The van der Waals surface area contributed by atoms with Crippen LogP contribution in [0.5, 0.6) is 5.75 Å². The van der Waals surface area contributed by atoms with Crippen molar-refractivity contribution in [3.05, 3.63) is 89.0 Å². The van der Waals surface area contributed by atoms with Crippen LogP contribution >= 0.6 is 0 Å². The summed E-state index contributed by atoms with van der Waals surface area (Å²) in [5, 5.41) is 23.3. The molecule has 1 saturated carbocycles. The molecule has 1 aliphatic heterocycles. The fraction of sp³-hybridized carbons (Fsp3) is 0.566. The van der Waals surface area contributed by atoms with Crippen LogP contribution < -0.4 is 36.4 Å². The number of hydrogen-bond donors (Lipinski definition) is 7. The largest absolute Gasteiger partial charge is 0.449 e. The molecule has 2 aliphatic carbocycles. The number of benzene rings is 3. The SMILES string of the molecule is Cc1c2ccncc2c(C)c2c1[nH]c1ccc(OC(=O)N(C)CCN(C)C(=O)OCc3ccc(NC(=O)[C@H](CCCNC(N)=O)CC(=O)[C@@H](NC(=O)COCCOCCOCC[n+]4[nH]nc5c4CC[C@H]4[C@@H](CC5)[C@H]4COC(=O)NCCOCCOCCOCCOCCC(=O)ON4C(=O)CCC4=O)C(C)C)cc3)cc12. The number of carbonyl (C=O) groups excluding carboxylic acids is 10. The maximum absolute atomic E-state index is 13.9. The third-order valence-electron chi connectivity index (χ3n) is 19.5. The Balaban J connectivity index is 0.580. The topological polar surface area (TPSA) is 417 Å². The average Bonchev–Trinajstić information content (AvgIpc) is 1.57. The van der Waals surface area contributed by atoms with Crippen molar-refractivity contribution in [3.8, 4) is 5.75 Å². The van der Waals surface area contributed by atoms with Gasteiger partial charge in [0.05, 0.1) is 110 Å². The van der Waals surface area contributed by atoms with Crippen LogP contribution in [-0.4, -0.2) is 240 Å². The number of primary amides is 1. The Kier molecular flexibility index (Phi) is 32.7. The van der Waals surface area contributed by atoms with Crippen molar-refractivity contribution in [1.82, 2.24) is 51.1 Å². The van der Waals surface area contributed by atoms with Gasteiger partial charge in [-0.1, -0.05) is 31.2 Å². The molecule has 5 atom stereocenters. The number of hydrogen-bond acceptors (Lipinski definition) is 23. The predicted octanol–water partition coefficient (Wildman–Crippen LogP) is 5.58. The van der Waals surface area contributed by atoms with Crippen LogP contribution in [0.1, 0.15) is 93.3 Å². The molecule has 0 unspecified atom stereocenters. The summed E-state index contributed by atoms with van der Waals surface area (Å²) >= 11 is 0. The highest BCUT2D eigenvalue weighted by Crippen LogP contribution is 2.53. The molecule has 8 N–H and O–H groups in total. The maximum Gasteiger partial charge on any atom is 0.415 e. The van der Waals surface area contributed by atoms with Crippen LogP contribution in [0.3, 0.4) is 0 Å². The van der Waals surface area contributed by atoms with Crippen molar-refractivity contribution in [2.24, 2.45) is 35.3 Å². The molecule has 9 amide bonds. The smallest absolute Gasteiger partial charge is 0.415 e. The molecule has 1 saturated heterocycles. The zero-order valence-electron chi connectivity index (χ0n) is 63.5. The van der Waals surface area contributed by atoms with Gasteiger partial charge in [0, 0.05) is 123 Å². The number of amides is 9. The number of likely N-dealkylation sites (N-methyl/N-ethyl adjacent to an activating group) is 2. The zero-order chi connectivity index (χ0) is 78.5. The summed E-state index contributed by atoms with van der Waals surface area (Å²) < 4.78 is 57.9. The first kappa shape index (κ1) is 84.1. The van der Waals surface area contributed by atoms with Crippen LogP contribution in [0.4, 0.5) is 24.9 Å². The van der Waals surface area contributed by atoms with E-state index in [2.05, 4.69) is 55.4 Å². The van der Waals surface area contributed by atoms with Gasteiger partial charge < -0.3 is 94.0 Å². The number of ether oxygens (including phenoxy) is 10. The summed E-state index contributed by atoms with van der Waals surface area (Å²) in [4.78, 5) is 141. The minimum atomic E-state index is -0.928. The number of aromatic nitrogens is 5. The Morgan fingerprint density at radius 2 is 1.35 bits per heavy atom. The number of Topliss-reactive ketones (excluding diaryl/α,β-unsaturated/α-hetero) is 1. The number of H-pyrrole nitrogens is 2. The Morgan fingerprint density at radius 1 is 0.700 bits per heavy atom. The molecule has 6 aromatic rings. The molecule has 3 aliphatic rings. The molecule has 34 heteroatoms. The first-order valence-corrected chi connectivity index (χ1v) is 37.5. The van der Waals surface area contributed by atoms with E-state index in [1.807, 2.05) is 29.1 Å². The summed E-state index contributed by atoms with van der Waals surface area (Å²) in [5.41, 5.74) is 12.6. The number of nitrogens with zero attached hydrogens (tertiary/aromatic N) is 6. The molecular formula is C76H104N13O21+. The van der Waals surface area contributed by atoms with Gasteiger partial charge in [0.1, 0.15) is 25.5 Å². The van der Waals surface area contributed by atoms with Crippen molar-refractivity contribution >= 4 is 98.0 Å². The van der Waals surface area contributed by atoms with E-state index in [4.69, 9.17) is 57.9 Å². The summed E-state index contributed by atoms with van der Waals surface area (Å²) in [7, 11) is 3.14. The molecule has 3 aromatic carbocycles. The molecule has 4 heterocycles. The van der Waals surface area contributed by atoms with Crippen LogP contribution in [0.2, 0.25) is 0 Å². The number of rotatable bonds is 46. The summed E-state index contributed by atoms with van der Waals surface area (Å²) in [6, 6.07) is 12.5. The van der Waals surface area contributed by atoms with Gasteiger partial charge >= 0.3 is 30.3 Å². The number of nitrogens with two attached hydrogens (primary N) is 1. The lowest BCUT2D eigenvalue weighted by molar-refractivity contribution is -0.761. The highest BCUT2D eigenvalue weighted by atomic mass is 16.7. The standard InChI is InChI=1S/C76H103N13O21/c1-48(2)70(64(90)42-52(8-7-23-79-73(77)96)72(95)81-53-11-9-51(10-12-53)45-108-75(98)86(5)26-27-87(6)76(99)109-54-13-16-61-58(43-54)69-49(3)59-44-78-24-21-55(59)50(4)71(69)82-61)83-65(91)47-106-41-40-105-37-34-102-31-28-88-63-18-15-57-56(14-17-62(63)84-85-88)60(57)46-107-74(97)80-25-30-101-33-36-104-39-38-103-35-32-100-29-22-68(94)110-89-66(92)19-20-67(89)93/h9-13,16,21,24,43-44,48,52,56-57,60,70H,7-8,14-15,17-20,22-23,25-42,45-47H2,1-6H3,(H7,77,78,79,80,81,82,83,91,95,96,97)/p+1/t52-,56-,57+,60-,70+/m1/s1. The molecular weight excluding hydrogens is 1430 g/mol. The van der Waals surface area contributed by atoms with E-state index < -0.39 is 65.9 Å². The zero-order valence-corrected chi connectivity index (χ0v) is 63.5. The number of alkyl carbamates (subject to hydrolysis) is 1. The van der Waals surface area contributed by atoms with Crippen molar-refractivity contribution in [3.63, 3.8) is 0 Å². The Bertz CT molecular complexity index is 4100. The van der Waals surface area contributed by atoms with Crippen LogP contribution in [0.15, 0.2) is 60.9 Å². The molecule has 34 nitrogen and oxygen atoms in total. The first-order chi connectivity index (χ1) is 53.1. The second-order valence-electron chi connectivity index (χ2n) is 27.7. The number of imide groups is 1. The fourth-order valence-corrected chi connectivity index (χ4v) is 13.4. The van der Waals surface area contributed by atoms with E-state index in [9.17, 15) is 47.9 Å². The molecule has 2 fully saturated rings. The van der Waals surface area contributed by atoms with Gasteiger partial charge in [-0.05, 0) is 122 Å². The van der Waals surface area contributed by atoms with Crippen LogP contribution in [0, 0.1) is 43.4 Å². The average molecular weight is 1540 g/mol. The number of urea groups is 1. The number of anilines is 1. The number of pyridine rings is 1. The highest BCUT2D eigenvalue weighted by molar-refractivity contribution is 6.16. The molecule has 0 spiro atoms. The predicted molar refractivity (Wildman–Crippen MR) is 397 cm³/mol. The minimum Gasteiger partial charge on any atom is -0.449 e. The van der Waals surface area contributed by atoms with Gasteiger partial charge in [-0.15, -0.1) is 5.06 Å². The van der Waals surface area contributed by atoms with Gasteiger partial charge in [-0.3, -0.25) is 29.0 Å². The second-order valence-corrected chi connectivity index (χ2v) is 27.7. The second kappa shape index (κ2) is 42.8. The van der Waals surface area contributed by atoms with Crippen molar-refractivity contribution < 1.29 is 105 Å². The number of fused-ring (bicyclic) bond motifs is 6. The molecule has 110 heavy (non-hydrogen) atoms. The third kappa shape index (κ3) is 25.3. The number of ketones is 1. The lowest BCUT2D eigenvalue weighted by Gasteiger charge is -2.24. The third-order valence-corrected chi connectivity index (χ3v) is 19.5. The monoisotopic (exact) mass is 1530 g/mol. The van der Waals surface area contributed by atoms with Crippen molar-refractivity contribution in [2.75, 3.05) is 145 Å².